The van der Waals surface area contributed by atoms with E-state index < -0.39 is 0 Å². The third kappa shape index (κ3) is 2.39. The molecular formula is C12H18N6O. The van der Waals surface area contributed by atoms with Crippen LogP contribution in [0, 0.1) is 5.92 Å². The summed E-state index contributed by atoms with van der Waals surface area (Å²) in [5.41, 5.74) is 6.65. The van der Waals surface area contributed by atoms with Crippen LogP contribution in [0.2, 0.25) is 0 Å². The Bertz CT molecular complexity index is 632. The van der Waals surface area contributed by atoms with E-state index in [4.69, 9.17) is 5.73 Å². The molecule has 2 aromatic rings. The largest absolute Gasteiger partial charge is 0.327 e. The first-order valence-corrected chi connectivity index (χ1v) is 6.53. The molecule has 3 heterocycles. The highest BCUT2D eigenvalue weighted by Crippen LogP contribution is 2.16. The minimum absolute atomic E-state index is 0.126. The number of piperidine rings is 1. The third-order valence-corrected chi connectivity index (χ3v) is 3.76. The Morgan fingerprint density at radius 2 is 2.42 bits per heavy atom. The van der Waals surface area contributed by atoms with E-state index in [9.17, 15) is 4.79 Å². The molecular weight excluding hydrogens is 244 g/mol. The van der Waals surface area contributed by atoms with E-state index in [1.54, 1.807) is 6.07 Å². The molecule has 0 aliphatic carbocycles. The Hall–Kier alpha value is -1.73. The van der Waals surface area contributed by atoms with E-state index in [1.807, 2.05) is 0 Å². The molecule has 19 heavy (non-hydrogen) atoms. The van der Waals surface area contributed by atoms with E-state index >= 15 is 0 Å². The Morgan fingerprint density at radius 3 is 3.21 bits per heavy atom. The average Bonchev–Trinajstić information content (AvgIpc) is 2.82. The first-order chi connectivity index (χ1) is 9.13. The van der Waals surface area contributed by atoms with Crippen molar-refractivity contribution in [1.29, 1.82) is 0 Å². The smallest absolute Gasteiger partial charge is 0.274 e. The van der Waals surface area contributed by atoms with Crippen molar-refractivity contribution in [3.05, 3.63) is 28.4 Å². The van der Waals surface area contributed by atoms with E-state index in [1.165, 1.54) is 10.8 Å². The second kappa shape index (κ2) is 4.75. The SMILES string of the molecule is CC1CN(Cc2cc(=O)n3[nH]cnc3n2)CCC1N. The summed E-state index contributed by atoms with van der Waals surface area (Å²) in [4.78, 5) is 22.5. The summed E-state index contributed by atoms with van der Waals surface area (Å²) >= 11 is 0. The van der Waals surface area contributed by atoms with Crippen LogP contribution in [0.15, 0.2) is 17.2 Å². The van der Waals surface area contributed by atoms with Crippen LogP contribution in [0.25, 0.3) is 5.78 Å². The van der Waals surface area contributed by atoms with Gasteiger partial charge in [0.25, 0.3) is 11.3 Å². The lowest BCUT2D eigenvalue weighted by Gasteiger charge is -2.34. The molecule has 1 aliphatic heterocycles. The van der Waals surface area contributed by atoms with E-state index in [0.29, 0.717) is 18.2 Å². The van der Waals surface area contributed by atoms with Gasteiger partial charge in [0, 0.05) is 31.7 Å². The van der Waals surface area contributed by atoms with Gasteiger partial charge in [-0.05, 0) is 12.3 Å². The second-order valence-corrected chi connectivity index (χ2v) is 5.27. The Labute approximate surface area is 110 Å². The van der Waals surface area contributed by atoms with E-state index in [-0.39, 0.29) is 11.6 Å². The summed E-state index contributed by atoms with van der Waals surface area (Å²) in [7, 11) is 0. The molecule has 2 atom stereocenters. The van der Waals surface area contributed by atoms with Crippen LogP contribution in [0.1, 0.15) is 19.0 Å². The van der Waals surface area contributed by atoms with Crippen LogP contribution < -0.4 is 11.3 Å². The van der Waals surface area contributed by atoms with Gasteiger partial charge in [-0.2, -0.15) is 4.52 Å². The molecule has 1 aliphatic rings. The van der Waals surface area contributed by atoms with E-state index in [0.717, 1.165) is 25.2 Å². The number of rotatable bonds is 2. The number of nitrogens with one attached hydrogen (secondary N) is 1. The first-order valence-electron chi connectivity index (χ1n) is 6.53. The number of nitrogens with zero attached hydrogens (tertiary/aromatic N) is 4. The van der Waals surface area contributed by atoms with Gasteiger partial charge in [0.05, 0.1) is 5.69 Å². The number of hydrogen-bond acceptors (Lipinski definition) is 5. The molecule has 1 fully saturated rings. The van der Waals surface area contributed by atoms with Gasteiger partial charge in [-0.25, -0.2) is 9.97 Å². The summed E-state index contributed by atoms with van der Waals surface area (Å²) in [6.45, 7) is 4.74. The van der Waals surface area contributed by atoms with Gasteiger partial charge in [-0.1, -0.05) is 6.92 Å². The number of H-pyrrole nitrogens is 1. The number of aromatic nitrogens is 4. The van der Waals surface area contributed by atoms with Crippen LogP contribution in [0.4, 0.5) is 0 Å². The molecule has 0 bridgehead atoms. The van der Waals surface area contributed by atoms with Crippen LogP contribution >= 0.6 is 0 Å². The molecule has 0 amide bonds. The number of likely N-dealkylation sites (tertiary alicyclic amines) is 1. The lowest BCUT2D eigenvalue weighted by atomic mass is 9.95. The van der Waals surface area contributed by atoms with Crippen molar-refractivity contribution in [3.8, 4) is 0 Å². The predicted octanol–water partition coefficient (Wildman–Crippen LogP) is -0.413. The zero-order valence-corrected chi connectivity index (χ0v) is 10.9. The quantitative estimate of drug-likeness (QED) is 0.767. The van der Waals surface area contributed by atoms with Crippen molar-refractivity contribution in [1.82, 2.24) is 24.5 Å². The molecule has 0 spiro atoms. The topological polar surface area (TPSA) is 92.3 Å². The highest BCUT2D eigenvalue weighted by molar-refractivity contribution is 5.25. The van der Waals surface area contributed by atoms with Gasteiger partial charge in [0.15, 0.2) is 0 Å². The maximum absolute atomic E-state index is 11.8. The summed E-state index contributed by atoms with van der Waals surface area (Å²) in [5.74, 6) is 0.897. The van der Waals surface area contributed by atoms with Crippen LogP contribution in [0.3, 0.4) is 0 Å². The molecule has 2 unspecified atom stereocenters. The van der Waals surface area contributed by atoms with Crippen molar-refractivity contribution in [2.24, 2.45) is 11.7 Å². The maximum Gasteiger partial charge on any atom is 0.274 e. The zero-order valence-electron chi connectivity index (χ0n) is 10.9. The van der Waals surface area contributed by atoms with Crippen molar-refractivity contribution in [3.63, 3.8) is 0 Å². The van der Waals surface area contributed by atoms with Crippen molar-refractivity contribution >= 4 is 5.78 Å². The van der Waals surface area contributed by atoms with Crippen LogP contribution in [-0.4, -0.2) is 43.6 Å². The fraction of sp³-hybridized carbons (Fsp3) is 0.583. The highest BCUT2D eigenvalue weighted by Gasteiger charge is 2.23. The molecule has 0 aromatic carbocycles. The second-order valence-electron chi connectivity index (χ2n) is 5.27. The molecule has 0 saturated carbocycles. The normalized spacial score (nSPS) is 24.9. The van der Waals surface area contributed by atoms with Crippen molar-refractivity contribution < 1.29 is 0 Å². The fourth-order valence-corrected chi connectivity index (χ4v) is 2.57. The fourth-order valence-electron chi connectivity index (χ4n) is 2.57. The van der Waals surface area contributed by atoms with Gasteiger partial charge in [-0.15, -0.1) is 0 Å². The van der Waals surface area contributed by atoms with Crippen LogP contribution in [0.5, 0.6) is 0 Å². The van der Waals surface area contributed by atoms with Gasteiger partial charge in [0.1, 0.15) is 6.33 Å². The molecule has 2 aromatic heterocycles. The van der Waals surface area contributed by atoms with Gasteiger partial charge >= 0.3 is 0 Å². The van der Waals surface area contributed by atoms with Crippen molar-refractivity contribution in [2.75, 3.05) is 13.1 Å². The van der Waals surface area contributed by atoms with E-state index in [2.05, 4.69) is 26.9 Å². The minimum Gasteiger partial charge on any atom is -0.327 e. The molecule has 0 radical (unpaired) electrons. The Balaban J connectivity index is 1.80. The molecule has 102 valence electrons. The summed E-state index contributed by atoms with van der Waals surface area (Å²) in [6.07, 6.45) is 2.46. The average molecular weight is 262 g/mol. The molecule has 1 saturated heterocycles. The highest BCUT2D eigenvalue weighted by atomic mass is 16.1. The Kier molecular flexibility index (Phi) is 3.08. The van der Waals surface area contributed by atoms with Crippen molar-refractivity contribution in [2.45, 2.75) is 25.9 Å². The number of hydrogen-bond donors (Lipinski definition) is 2. The monoisotopic (exact) mass is 262 g/mol. The molecule has 7 heteroatoms. The minimum atomic E-state index is -0.126. The summed E-state index contributed by atoms with van der Waals surface area (Å²) in [5, 5.41) is 2.73. The maximum atomic E-state index is 11.8. The Morgan fingerprint density at radius 1 is 1.58 bits per heavy atom. The molecule has 7 nitrogen and oxygen atoms in total. The zero-order chi connectivity index (χ0) is 13.4. The van der Waals surface area contributed by atoms with Gasteiger partial charge in [0.2, 0.25) is 0 Å². The van der Waals surface area contributed by atoms with Gasteiger partial charge in [-0.3, -0.25) is 14.8 Å². The predicted molar refractivity (Wildman–Crippen MR) is 70.6 cm³/mol. The lowest BCUT2D eigenvalue weighted by Crippen LogP contribution is -2.45. The van der Waals surface area contributed by atoms with Crippen LogP contribution in [-0.2, 0) is 6.54 Å². The summed E-state index contributed by atoms with van der Waals surface area (Å²) < 4.78 is 1.33. The number of fused-ring (bicyclic) bond motifs is 1. The third-order valence-electron chi connectivity index (χ3n) is 3.76. The lowest BCUT2D eigenvalue weighted by molar-refractivity contribution is 0.156. The number of aromatic amines is 1. The standard InChI is InChI=1S/C12H18N6O/c1-8-5-17(3-2-10(8)13)6-9-4-11(19)18-12(16-9)14-7-15-18/h4,7-8,10H,2-3,5-6,13H2,1H3,(H,14,15,16). The van der Waals surface area contributed by atoms with Gasteiger partial charge < -0.3 is 5.73 Å². The summed E-state index contributed by atoms with van der Waals surface area (Å²) in [6, 6.07) is 1.84. The molecule has 3 N–H and O–H groups in total. The molecule has 3 rings (SSSR count). The number of nitrogens with two attached hydrogens (primary N) is 1. The first kappa shape index (κ1) is 12.3.